The van der Waals surface area contributed by atoms with Crippen LogP contribution in [0.1, 0.15) is 24.1 Å². The predicted molar refractivity (Wildman–Crippen MR) is 68.4 cm³/mol. The largest absolute Gasteiger partial charge is 0.341 e. The molecule has 1 unspecified atom stereocenters. The molecule has 1 aromatic rings. The number of nitrogens with one attached hydrogen (secondary N) is 2. The Labute approximate surface area is 102 Å². The molecule has 1 rings (SSSR count). The SMILES string of the molecule is CNC(=O)NC(C)c1ccc(C#CCN)cc1. The Kier molecular flexibility index (Phi) is 5.05. The predicted octanol–water partition coefficient (Wildman–Crippen LogP) is 0.987. The molecule has 0 bridgehead atoms. The van der Waals surface area contributed by atoms with Gasteiger partial charge in [0.15, 0.2) is 0 Å². The number of benzene rings is 1. The second kappa shape index (κ2) is 6.56. The number of carbonyl (C=O) groups excluding carboxylic acids is 1. The molecular formula is C13H17N3O. The van der Waals surface area contributed by atoms with Gasteiger partial charge in [-0.25, -0.2) is 4.79 Å². The zero-order valence-electron chi connectivity index (χ0n) is 10.1. The average Bonchev–Trinajstić information content (AvgIpc) is 2.36. The molecule has 17 heavy (non-hydrogen) atoms. The summed E-state index contributed by atoms with van der Waals surface area (Å²) in [4.78, 5) is 11.1. The molecule has 0 saturated carbocycles. The van der Waals surface area contributed by atoms with Crippen molar-refractivity contribution >= 4 is 6.03 Å². The minimum Gasteiger partial charge on any atom is -0.341 e. The van der Waals surface area contributed by atoms with Crippen LogP contribution in [0.4, 0.5) is 4.79 Å². The van der Waals surface area contributed by atoms with E-state index in [4.69, 9.17) is 5.73 Å². The lowest BCUT2D eigenvalue weighted by Crippen LogP contribution is -2.34. The van der Waals surface area contributed by atoms with E-state index in [1.54, 1.807) is 7.05 Å². The number of carbonyl (C=O) groups is 1. The van der Waals surface area contributed by atoms with E-state index in [-0.39, 0.29) is 12.1 Å². The van der Waals surface area contributed by atoms with E-state index < -0.39 is 0 Å². The van der Waals surface area contributed by atoms with Crippen molar-refractivity contribution in [2.24, 2.45) is 5.73 Å². The summed E-state index contributed by atoms with van der Waals surface area (Å²) >= 11 is 0. The molecule has 0 radical (unpaired) electrons. The monoisotopic (exact) mass is 231 g/mol. The van der Waals surface area contributed by atoms with Crippen LogP contribution in [-0.4, -0.2) is 19.6 Å². The summed E-state index contributed by atoms with van der Waals surface area (Å²) < 4.78 is 0. The van der Waals surface area contributed by atoms with Crippen LogP contribution in [0, 0.1) is 11.8 Å². The van der Waals surface area contributed by atoms with E-state index in [1.807, 2.05) is 31.2 Å². The Hall–Kier alpha value is -1.99. The quantitative estimate of drug-likeness (QED) is 0.664. The van der Waals surface area contributed by atoms with E-state index in [2.05, 4.69) is 22.5 Å². The Balaban J connectivity index is 2.70. The van der Waals surface area contributed by atoms with Crippen molar-refractivity contribution in [3.05, 3.63) is 35.4 Å². The van der Waals surface area contributed by atoms with Gasteiger partial charge in [-0.15, -0.1) is 0 Å². The summed E-state index contributed by atoms with van der Waals surface area (Å²) in [5.74, 6) is 5.74. The highest BCUT2D eigenvalue weighted by Crippen LogP contribution is 2.12. The summed E-state index contributed by atoms with van der Waals surface area (Å²) in [6.07, 6.45) is 0. The molecule has 4 N–H and O–H groups in total. The number of hydrogen-bond donors (Lipinski definition) is 3. The second-order valence-corrected chi connectivity index (χ2v) is 3.57. The van der Waals surface area contributed by atoms with Gasteiger partial charge in [0.25, 0.3) is 0 Å². The third-order valence-electron chi connectivity index (χ3n) is 2.32. The van der Waals surface area contributed by atoms with Crippen molar-refractivity contribution in [1.82, 2.24) is 10.6 Å². The molecule has 0 aliphatic rings. The van der Waals surface area contributed by atoms with Gasteiger partial charge in [-0.3, -0.25) is 0 Å². The summed E-state index contributed by atoms with van der Waals surface area (Å²) in [5, 5.41) is 5.32. The molecule has 0 spiro atoms. The number of urea groups is 1. The van der Waals surface area contributed by atoms with Gasteiger partial charge in [-0.05, 0) is 24.6 Å². The summed E-state index contributed by atoms with van der Waals surface area (Å²) in [6.45, 7) is 2.28. The fraction of sp³-hybridized carbons (Fsp3) is 0.308. The lowest BCUT2D eigenvalue weighted by atomic mass is 10.1. The van der Waals surface area contributed by atoms with Gasteiger partial charge in [-0.1, -0.05) is 24.0 Å². The summed E-state index contributed by atoms with van der Waals surface area (Å²) in [7, 11) is 1.59. The maximum atomic E-state index is 11.1. The first-order valence-electron chi connectivity index (χ1n) is 5.44. The second-order valence-electron chi connectivity index (χ2n) is 3.57. The minimum absolute atomic E-state index is 0.0357. The van der Waals surface area contributed by atoms with Crippen LogP contribution in [0.25, 0.3) is 0 Å². The number of amides is 2. The molecule has 0 aromatic heterocycles. The van der Waals surface area contributed by atoms with Crippen molar-refractivity contribution in [3.8, 4) is 11.8 Å². The normalized spacial score (nSPS) is 11.0. The van der Waals surface area contributed by atoms with Gasteiger partial charge in [-0.2, -0.15) is 0 Å². The molecule has 0 aliphatic heterocycles. The maximum Gasteiger partial charge on any atom is 0.315 e. The first-order valence-corrected chi connectivity index (χ1v) is 5.44. The maximum absolute atomic E-state index is 11.1. The molecule has 4 nitrogen and oxygen atoms in total. The minimum atomic E-state index is -0.190. The Bertz CT molecular complexity index is 428. The highest BCUT2D eigenvalue weighted by Gasteiger charge is 2.07. The van der Waals surface area contributed by atoms with Gasteiger partial charge in [0.05, 0.1) is 12.6 Å². The van der Waals surface area contributed by atoms with E-state index in [9.17, 15) is 4.79 Å². The van der Waals surface area contributed by atoms with Crippen LogP contribution >= 0.6 is 0 Å². The third-order valence-corrected chi connectivity index (χ3v) is 2.32. The van der Waals surface area contributed by atoms with E-state index in [0.717, 1.165) is 11.1 Å². The van der Waals surface area contributed by atoms with E-state index >= 15 is 0 Å². The van der Waals surface area contributed by atoms with Crippen molar-refractivity contribution in [3.63, 3.8) is 0 Å². The number of rotatable bonds is 2. The molecule has 4 heteroatoms. The van der Waals surface area contributed by atoms with Gasteiger partial charge in [0.2, 0.25) is 0 Å². The molecule has 90 valence electrons. The Morgan fingerprint density at radius 1 is 1.41 bits per heavy atom. The van der Waals surface area contributed by atoms with Gasteiger partial charge in [0, 0.05) is 12.6 Å². The fourth-order valence-electron chi connectivity index (χ4n) is 1.36. The van der Waals surface area contributed by atoms with E-state index in [1.165, 1.54) is 0 Å². The summed E-state index contributed by atoms with van der Waals surface area (Å²) in [6, 6.07) is 7.50. The van der Waals surface area contributed by atoms with Crippen molar-refractivity contribution in [1.29, 1.82) is 0 Å². The standard InChI is InChI=1S/C13H17N3O/c1-10(16-13(17)15-2)12-7-5-11(6-8-12)4-3-9-14/h5-8,10H,9,14H2,1-2H3,(H2,15,16,17). The molecule has 0 saturated heterocycles. The Morgan fingerprint density at radius 2 is 2.06 bits per heavy atom. The number of nitrogens with two attached hydrogens (primary N) is 1. The molecular weight excluding hydrogens is 214 g/mol. The zero-order chi connectivity index (χ0) is 12.7. The van der Waals surface area contributed by atoms with Crippen LogP contribution in [0.2, 0.25) is 0 Å². The zero-order valence-corrected chi connectivity index (χ0v) is 10.1. The first kappa shape index (κ1) is 13.1. The summed E-state index contributed by atoms with van der Waals surface area (Å²) in [5.41, 5.74) is 7.25. The highest BCUT2D eigenvalue weighted by molar-refractivity contribution is 5.73. The topological polar surface area (TPSA) is 67.2 Å². The molecule has 1 atom stereocenters. The average molecular weight is 231 g/mol. The van der Waals surface area contributed by atoms with Gasteiger partial charge >= 0.3 is 6.03 Å². The van der Waals surface area contributed by atoms with Crippen LogP contribution in [-0.2, 0) is 0 Å². The molecule has 1 aromatic carbocycles. The van der Waals surface area contributed by atoms with Crippen LogP contribution < -0.4 is 16.4 Å². The van der Waals surface area contributed by atoms with Gasteiger partial charge < -0.3 is 16.4 Å². The van der Waals surface area contributed by atoms with Crippen LogP contribution in [0.15, 0.2) is 24.3 Å². The van der Waals surface area contributed by atoms with Crippen molar-refractivity contribution in [2.45, 2.75) is 13.0 Å². The van der Waals surface area contributed by atoms with Gasteiger partial charge in [0.1, 0.15) is 0 Å². The van der Waals surface area contributed by atoms with Crippen LogP contribution in [0.5, 0.6) is 0 Å². The molecule has 0 heterocycles. The van der Waals surface area contributed by atoms with Crippen molar-refractivity contribution < 1.29 is 4.79 Å². The van der Waals surface area contributed by atoms with Crippen molar-refractivity contribution in [2.75, 3.05) is 13.6 Å². The molecule has 0 fully saturated rings. The fourth-order valence-corrected chi connectivity index (χ4v) is 1.36. The number of hydrogen-bond acceptors (Lipinski definition) is 2. The third kappa shape index (κ3) is 4.17. The molecule has 0 aliphatic carbocycles. The highest BCUT2D eigenvalue weighted by atomic mass is 16.2. The lowest BCUT2D eigenvalue weighted by molar-refractivity contribution is 0.240. The first-order chi connectivity index (χ1) is 8.17. The van der Waals surface area contributed by atoms with Crippen LogP contribution in [0.3, 0.4) is 0 Å². The molecule has 2 amide bonds. The Morgan fingerprint density at radius 3 is 2.59 bits per heavy atom. The van der Waals surface area contributed by atoms with E-state index in [0.29, 0.717) is 6.54 Å². The smallest absolute Gasteiger partial charge is 0.315 e. The lowest BCUT2D eigenvalue weighted by Gasteiger charge is -2.13.